The largest absolute Gasteiger partial charge is 0.480 e. The first-order valence-electron chi connectivity index (χ1n) is 4.35. The Kier molecular flexibility index (Phi) is 3.63. The van der Waals surface area contributed by atoms with Crippen LogP contribution < -0.4 is 5.73 Å². The van der Waals surface area contributed by atoms with Crippen LogP contribution in [0.3, 0.4) is 0 Å². The lowest BCUT2D eigenvalue weighted by Crippen LogP contribution is -2.32. The van der Waals surface area contributed by atoms with Crippen molar-refractivity contribution in [2.45, 2.75) is 17.4 Å². The van der Waals surface area contributed by atoms with E-state index in [0.29, 0.717) is 5.56 Å². The molecule has 4 N–H and O–H groups in total. The number of carboxylic acid groups (broad SMARTS) is 1. The molecule has 0 radical (unpaired) electrons. The van der Waals surface area contributed by atoms with Crippen molar-refractivity contribution >= 4 is 16.1 Å². The molecule has 0 saturated heterocycles. The van der Waals surface area contributed by atoms with Crippen LogP contribution in [0.4, 0.5) is 0 Å². The third-order valence-corrected chi connectivity index (χ3v) is 2.82. The molecule has 0 bridgehead atoms. The van der Waals surface area contributed by atoms with Crippen molar-refractivity contribution in [2.75, 3.05) is 0 Å². The third kappa shape index (κ3) is 3.30. The average Bonchev–Trinajstić information content (AvgIpc) is 2.16. The summed E-state index contributed by atoms with van der Waals surface area (Å²) in [5.41, 5.74) is 5.73. The summed E-state index contributed by atoms with van der Waals surface area (Å²) in [6, 6.07) is 4.25. The molecular formula is C9H11NO5S. The van der Waals surface area contributed by atoms with Crippen LogP contribution in [0.25, 0.3) is 0 Å². The van der Waals surface area contributed by atoms with Crippen LogP contribution >= 0.6 is 0 Å². The summed E-state index contributed by atoms with van der Waals surface area (Å²) in [6.07, 6.45) is -0.00130. The maximum absolute atomic E-state index is 10.8. The summed E-state index contributed by atoms with van der Waals surface area (Å²) in [6.45, 7) is 0. The Morgan fingerprint density at radius 2 is 2.06 bits per heavy atom. The number of hydrogen-bond donors (Lipinski definition) is 3. The number of nitrogens with two attached hydrogens (primary N) is 1. The van der Waals surface area contributed by atoms with Crippen molar-refractivity contribution < 1.29 is 22.9 Å². The van der Waals surface area contributed by atoms with Crippen molar-refractivity contribution in [1.29, 1.82) is 0 Å². The smallest absolute Gasteiger partial charge is 0.320 e. The van der Waals surface area contributed by atoms with Gasteiger partial charge in [-0.2, -0.15) is 8.42 Å². The van der Waals surface area contributed by atoms with Gasteiger partial charge < -0.3 is 10.8 Å². The van der Waals surface area contributed by atoms with Gasteiger partial charge in [-0.05, 0) is 24.1 Å². The molecule has 0 fully saturated rings. The van der Waals surface area contributed by atoms with E-state index in [2.05, 4.69) is 0 Å². The van der Waals surface area contributed by atoms with E-state index < -0.39 is 22.1 Å². The lowest BCUT2D eigenvalue weighted by molar-refractivity contribution is -0.138. The Labute approximate surface area is 92.5 Å². The molecule has 1 atom stereocenters. The second kappa shape index (κ2) is 4.60. The molecule has 0 aromatic heterocycles. The normalized spacial score (nSPS) is 13.4. The van der Waals surface area contributed by atoms with Crippen LogP contribution in [0.2, 0.25) is 0 Å². The Morgan fingerprint density at radius 1 is 1.44 bits per heavy atom. The van der Waals surface area contributed by atoms with Gasteiger partial charge in [-0.15, -0.1) is 0 Å². The highest BCUT2D eigenvalue weighted by Crippen LogP contribution is 2.12. The number of carbonyl (C=O) groups is 1. The van der Waals surface area contributed by atoms with Crippen molar-refractivity contribution in [3.63, 3.8) is 0 Å². The molecule has 16 heavy (non-hydrogen) atoms. The minimum Gasteiger partial charge on any atom is -0.480 e. The molecule has 7 heteroatoms. The number of aliphatic carboxylic acids is 1. The standard InChI is InChI=1S/C9H11NO5S/c10-8(9(11)12)5-6-2-1-3-7(4-6)16(13,14)15/h1-4,8H,5,10H2,(H,11,12)(H,13,14,15). The summed E-state index contributed by atoms with van der Waals surface area (Å²) in [4.78, 5) is 10.2. The van der Waals surface area contributed by atoms with Crippen LogP contribution in [-0.2, 0) is 21.3 Å². The Bertz CT molecular complexity index is 496. The fourth-order valence-electron chi connectivity index (χ4n) is 1.17. The van der Waals surface area contributed by atoms with E-state index in [1.165, 1.54) is 24.3 Å². The number of rotatable bonds is 4. The zero-order valence-corrected chi connectivity index (χ0v) is 9.02. The Hall–Kier alpha value is -1.44. The van der Waals surface area contributed by atoms with Gasteiger partial charge in [0.2, 0.25) is 0 Å². The first kappa shape index (κ1) is 12.6. The summed E-state index contributed by atoms with van der Waals surface area (Å²) in [5.74, 6) is -1.17. The quantitative estimate of drug-likeness (QED) is 0.637. The molecule has 0 aliphatic carbocycles. The van der Waals surface area contributed by atoms with Crippen LogP contribution in [0.1, 0.15) is 5.56 Å². The van der Waals surface area contributed by atoms with E-state index in [9.17, 15) is 13.2 Å². The summed E-state index contributed by atoms with van der Waals surface area (Å²) in [5, 5.41) is 8.58. The van der Waals surface area contributed by atoms with Gasteiger partial charge in [0.1, 0.15) is 6.04 Å². The van der Waals surface area contributed by atoms with Crippen molar-refractivity contribution in [3.05, 3.63) is 29.8 Å². The topological polar surface area (TPSA) is 118 Å². The van der Waals surface area contributed by atoms with Crippen LogP contribution in [-0.4, -0.2) is 30.1 Å². The van der Waals surface area contributed by atoms with Crippen molar-refractivity contribution in [3.8, 4) is 0 Å². The SMILES string of the molecule is NC(Cc1cccc(S(=O)(=O)O)c1)C(=O)O. The summed E-state index contributed by atoms with van der Waals surface area (Å²) >= 11 is 0. The highest BCUT2D eigenvalue weighted by Gasteiger charge is 2.14. The molecule has 88 valence electrons. The van der Waals surface area contributed by atoms with E-state index in [1.54, 1.807) is 0 Å². The molecule has 1 aromatic rings. The molecule has 1 unspecified atom stereocenters. The maximum atomic E-state index is 10.8. The third-order valence-electron chi connectivity index (χ3n) is 1.97. The van der Waals surface area contributed by atoms with Crippen LogP contribution in [0, 0.1) is 0 Å². The zero-order chi connectivity index (χ0) is 12.3. The van der Waals surface area contributed by atoms with Crippen molar-refractivity contribution in [2.24, 2.45) is 5.73 Å². The van der Waals surface area contributed by atoms with Gasteiger partial charge in [0, 0.05) is 0 Å². The van der Waals surface area contributed by atoms with Gasteiger partial charge in [0.05, 0.1) is 4.90 Å². The van der Waals surface area contributed by atoms with E-state index in [-0.39, 0.29) is 11.3 Å². The molecule has 0 spiro atoms. The predicted octanol–water partition coefficient (Wildman–Crippen LogP) is -0.112. The minimum absolute atomic E-state index is 0.00130. The van der Waals surface area contributed by atoms with Crippen molar-refractivity contribution in [1.82, 2.24) is 0 Å². The van der Waals surface area contributed by atoms with Gasteiger partial charge in [-0.3, -0.25) is 9.35 Å². The lowest BCUT2D eigenvalue weighted by atomic mass is 10.1. The molecule has 0 heterocycles. The fourth-order valence-corrected chi connectivity index (χ4v) is 1.73. The van der Waals surface area contributed by atoms with Gasteiger partial charge in [0.25, 0.3) is 10.1 Å². The zero-order valence-electron chi connectivity index (χ0n) is 8.20. The first-order valence-corrected chi connectivity index (χ1v) is 5.79. The fraction of sp³-hybridized carbons (Fsp3) is 0.222. The molecular weight excluding hydrogens is 234 g/mol. The van der Waals surface area contributed by atoms with Gasteiger partial charge >= 0.3 is 5.97 Å². The van der Waals surface area contributed by atoms with Crippen LogP contribution in [0.5, 0.6) is 0 Å². The van der Waals surface area contributed by atoms with E-state index in [1.807, 2.05) is 0 Å². The second-order valence-corrected chi connectivity index (χ2v) is 4.69. The van der Waals surface area contributed by atoms with E-state index in [4.69, 9.17) is 15.4 Å². The van der Waals surface area contributed by atoms with Gasteiger partial charge in [-0.1, -0.05) is 12.1 Å². The Morgan fingerprint density at radius 3 is 2.56 bits per heavy atom. The summed E-state index contributed by atoms with van der Waals surface area (Å²) < 4.78 is 30.4. The second-order valence-electron chi connectivity index (χ2n) is 3.27. The lowest BCUT2D eigenvalue weighted by Gasteiger charge is -2.07. The highest BCUT2D eigenvalue weighted by atomic mass is 32.2. The molecule has 0 aliphatic rings. The number of carboxylic acids is 1. The minimum atomic E-state index is -4.27. The van der Waals surface area contributed by atoms with Gasteiger partial charge in [0.15, 0.2) is 0 Å². The molecule has 6 nitrogen and oxygen atoms in total. The maximum Gasteiger partial charge on any atom is 0.320 e. The predicted molar refractivity (Wildman–Crippen MR) is 55.6 cm³/mol. The summed E-state index contributed by atoms with van der Waals surface area (Å²) in [7, 11) is -4.27. The Balaban J connectivity index is 2.96. The van der Waals surface area contributed by atoms with Crippen LogP contribution in [0.15, 0.2) is 29.2 Å². The molecule has 1 rings (SSSR count). The molecule has 0 aliphatic heterocycles. The monoisotopic (exact) mass is 245 g/mol. The molecule has 1 aromatic carbocycles. The van der Waals surface area contributed by atoms with E-state index in [0.717, 1.165) is 0 Å². The van der Waals surface area contributed by atoms with E-state index >= 15 is 0 Å². The highest BCUT2D eigenvalue weighted by molar-refractivity contribution is 7.85. The average molecular weight is 245 g/mol. The number of hydrogen-bond acceptors (Lipinski definition) is 4. The van der Waals surface area contributed by atoms with Gasteiger partial charge in [-0.25, -0.2) is 0 Å². The molecule has 0 saturated carbocycles. The first-order chi connectivity index (χ1) is 7.30. The molecule has 0 amide bonds. The number of benzene rings is 1.